The summed E-state index contributed by atoms with van der Waals surface area (Å²) in [6.07, 6.45) is 3.32. The molecule has 9 nitrogen and oxygen atoms in total. The monoisotopic (exact) mass is 647 g/mol. The molecule has 0 aromatic heterocycles. The molecule has 0 atom stereocenters. The van der Waals surface area contributed by atoms with Crippen molar-refractivity contribution < 1.29 is 23.9 Å². The summed E-state index contributed by atoms with van der Waals surface area (Å²) in [5.74, 6) is -0.172. The second-order valence-electron chi connectivity index (χ2n) is 16.4. The summed E-state index contributed by atoms with van der Waals surface area (Å²) < 4.78 is 11.9. The van der Waals surface area contributed by atoms with Crippen LogP contribution in [0.2, 0.25) is 0 Å². The van der Waals surface area contributed by atoms with Crippen molar-refractivity contribution >= 4 is 23.4 Å². The average molecular weight is 647 g/mol. The molecule has 0 heterocycles. The fourth-order valence-electron chi connectivity index (χ4n) is 4.61. The van der Waals surface area contributed by atoms with E-state index in [-0.39, 0.29) is 24.3 Å². The molecule has 1 aromatic carbocycles. The van der Waals surface area contributed by atoms with E-state index in [1.807, 2.05) is 74.4 Å². The molecule has 1 aromatic rings. The number of carbonyl (C=O) groups excluding carboxylic acids is 3. The zero-order chi connectivity index (χ0) is 35.3. The summed E-state index contributed by atoms with van der Waals surface area (Å²) in [4.78, 5) is 39.9. The second-order valence-corrected chi connectivity index (χ2v) is 16.4. The number of nitrogens with one attached hydrogen (secondary N) is 3. The van der Waals surface area contributed by atoms with E-state index in [4.69, 9.17) is 9.47 Å². The van der Waals surface area contributed by atoms with E-state index in [1.54, 1.807) is 0 Å². The molecule has 0 aliphatic rings. The lowest BCUT2D eigenvalue weighted by molar-refractivity contribution is -0.131. The highest BCUT2D eigenvalue weighted by atomic mass is 16.5. The Hall–Kier alpha value is -2.49. The van der Waals surface area contributed by atoms with Gasteiger partial charge in [0.2, 0.25) is 17.7 Å². The van der Waals surface area contributed by atoms with Gasteiger partial charge in [0.15, 0.2) is 0 Å². The normalized spacial score (nSPS) is 12.7. The Bertz CT molecular complexity index is 1110. The highest BCUT2D eigenvalue weighted by molar-refractivity contribution is 5.94. The van der Waals surface area contributed by atoms with Crippen LogP contribution >= 0.6 is 0 Å². The molecule has 0 saturated heterocycles. The number of amides is 3. The summed E-state index contributed by atoms with van der Waals surface area (Å²) in [7, 11) is 2.14. The molecule has 264 valence electrons. The van der Waals surface area contributed by atoms with Gasteiger partial charge in [0.1, 0.15) is 6.61 Å². The SMILES string of the molecule is Cc1cc(NC(=O)C(C)(C)C)cc(C)c1COCC(=O)NCCC(C)(C)OCCC(C)(C)C(=O)NCCCN(C)CCC(C)(C)C. The predicted octanol–water partition coefficient (Wildman–Crippen LogP) is 6.40. The van der Waals surface area contributed by atoms with Crippen LogP contribution in [0.3, 0.4) is 0 Å². The molecule has 0 spiro atoms. The summed E-state index contributed by atoms with van der Waals surface area (Å²) in [5, 5.41) is 8.98. The summed E-state index contributed by atoms with van der Waals surface area (Å²) in [5.41, 5.74) is 2.64. The maximum atomic E-state index is 12.8. The largest absolute Gasteiger partial charge is 0.375 e. The maximum Gasteiger partial charge on any atom is 0.246 e. The fraction of sp³-hybridized carbons (Fsp3) is 0.757. The summed E-state index contributed by atoms with van der Waals surface area (Å²) >= 11 is 0. The molecule has 3 N–H and O–H groups in total. The number of rotatable bonds is 19. The van der Waals surface area contributed by atoms with E-state index < -0.39 is 16.4 Å². The van der Waals surface area contributed by atoms with Gasteiger partial charge in [-0.25, -0.2) is 0 Å². The van der Waals surface area contributed by atoms with Crippen molar-refractivity contribution in [3.8, 4) is 0 Å². The van der Waals surface area contributed by atoms with Crippen molar-refractivity contribution in [3.63, 3.8) is 0 Å². The van der Waals surface area contributed by atoms with E-state index in [9.17, 15) is 14.4 Å². The molecule has 0 bridgehead atoms. The third-order valence-corrected chi connectivity index (χ3v) is 8.24. The Labute approximate surface area is 280 Å². The molecular formula is C37H66N4O5. The maximum absolute atomic E-state index is 12.8. The van der Waals surface area contributed by atoms with Crippen molar-refractivity contribution in [1.29, 1.82) is 0 Å². The van der Waals surface area contributed by atoms with Crippen LogP contribution in [-0.4, -0.2) is 74.7 Å². The van der Waals surface area contributed by atoms with Crippen LogP contribution in [0.25, 0.3) is 0 Å². The minimum atomic E-state index is -0.531. The average Bonchev–Trinajstić information content (AvgIpc) is 2.90. The van der Waals surface area contributed by atoms with Crippen molar-refractivity contribution in [2.75, 3.05) is 51.8 Å². The molecular weight excluding hydrogens is 580 g/mol. The van der Waals surface area contributed by atoms with Crippen LogP contribution in [-0.2, 0) is 30.5 Å². The van der Waals surface area contributed by atoms with Crippen LogP contribution in [0.1, 0.15) is 112 Å². The number of benzene rings is 1. The number of anilines is 1. The summed E-state index contributed by atoms with van der Waals surface area (Å²) in [6.45, 7) is 28.1. The Morgan fingerprint density at radius 1 is 0.783 bits per heavy atom. The van der Waals surface area contributed by atoms with Crippen LogP contribution in [0, 0.1) is 30.1 Å². The van der Waals surface area contributed by atoms with Crippen molar-refractivity contribution in [1.82, 2.24) is 15.5 Å². The lowest BCUT2D eigenvalue weighted by Gasteiger charge is -2.29. The van der Waals surface area contributed by atoms with E-state index >= 15 is 0 Å². The number of hydrogen-bond acceptors (Lipinski definition) is 6. The van der Waals surface area contributed by atoms with Crippen LogP contribution in [0.15, 0.2) is 12.1 Å². The van der Waals surface area contributed by atoms with Crippen molar-refractivity contribution in [3.05, 3.63) is 28.8 Å². The molecule has 0 aliphatic carbocycles. The molecule has 0 unspecified atom stereocenters. The Morgan fingerprint density at radius 3 is 1.96 bits per heavy atom. The first kappa shape index (κ1) is 41.5. The molecule has 46 heavy (non-hydrogen) atoms. The van der Waals surface area contributed by atoms with Gasteiger partial charge in [0.25, 0.3) is 0 Å². The van der Waals surface area contributed by atoms with Gasteiger partial charge in [-0.2, -0.15) is 0 Å². The highest BCUT2D eigenvalue weighted by Crippen LogP contribution is 2.25. The Morgan fingerprint density at radius 2 is 1.39 bits per heavy atom. The smallest absolute Gasteiger partial charge is 0.246 e. The van der Waals surface area contributed by atoms with Gasteiger partial charge in [0.05, 0.1) is 12.2 Å². The first-order valence-corrected chi connectivity index (χ1v) is 16.9. The van der Waals surface area contributed by atoms with Gasteiger partial charge in [0, 0.05) is 36.2 Å². The highest BCUT2D eigenvalue weighted by Gasteiger charge is 2.29. The molecule has 0 radical (unpaired) electrons. The molecule has 0 fully saturated rings. The second kappa shape index (κ2) is 18.2. The quantitative estimate of drug-likeness (QED) is 0.150. The number of hydrogen-bond donors (Lipinski definition) is 3. The zero-order valence-electron chi connectivity index (χ0n) is 31.4. The predicted molar refractivity (Wildman–Crippen MR) is 189 cm³/mol. The van der Waals surface area contributed by atoms with Crippen LogP contribution in [0.4, 0.5) is 5.69 Å². The van der Waals surface area contributed by atoms with Gasteiger partial charge in [-0.1, -0.05) is 55.4 Å². The lowest BCUT2D eigenvalue weighted by Crippen LogP contribution is -2.40. The molecule has 1 rings (SSSR count). The fourth-order valence-corrected chi connectivity index (χ4v) is 4.61. The topological polar surface area (TPSA) is 109 Å². The zero-order valence-corrected chi connectivity index (χ0v) is 31.4. The third kappa shape index (κ3) is 16.9. The number of aryl methyl sites for hydroxylation is 2. The van der Waals surface area contributed by atoms with E-state index in [2.05, 4.69) is 48.7 Å². The number of ether oxygens (including phenoxy) is 2. The van der Waals surface area contributed by atoms with Gasteiger partial charge in [-0.15, -0.1) is 0 Å². The van der Waals surface area contributed by atoms with Gasteiger partial charge in [-0.3, -0.25) is 14.4 Å². The minimum Gasteiger partial charge on any atom is -0.375 e. The van der Waals surface area contributed by atoms with Gasteiger partial charge in [-0.05, 0) is 108 Å². The van der Waals surface area contributed by atoms with Crippen molar-refractivity contribution in [2.24, 2.45) is 16.2 Å². The lowest BCUT2D eigenvalue weighted by atomic mass is 9.88. The van der Waals surface area contributed by atoms with Crippen LogP contribution < -0.4 is 16.0 Å². The Balaban J connectivity index is 2.34. The van der Waals surface area contributed by atoms with E-state index in [1.165, 1.54) is 0 Å². The van der Waals surface area contributed by atoms with Crippen LogP contribution in [0.5, 0.6) is 0 Å². The Kier molecular flexibility index (Phi) is 16.4. The summed E-state index contributed by atoms with van der Waals surface area (Å²) in [6, 6.07) is 3.86. The van der Waals surface area contributed by atoms with Gasteiger partial charge >= 0.3 is 0 Å². The van der Waals surface area contributed by atoms with Gasteiger partial charge < -0.3 is 30.3 Å². The number of carbonyl (C=O) groups is 3. The molecule has 0 saturated carbocycles. The first-order valence-electron chi connectivity index (χ1n) is 16.9. The third-order valence-electron chi connectivity index (χ3n) is 8.24. The first-order chi connectivity index (χ1) is 21.0. The molecule has 3 amide bonds. The van der Waals surface area contributed by atoms with E-state index in [0.717, 1.165) is 48.3 Å². The standard InChI is InChI=1S/C37H66N4O5/c1-27-23-29(40-32(43)35(6,7)8)24-28(2)30(27)25-45-26-31(42)38-19-15-37(11,12)46-22-17-36(9,10)33(44)39-18-14-20-41(13)21-16-34(3,4)5/h23-24H,14-22,25-26H2,1-13H3,(H,38,42)(H,39,44)(H,40,43). The number of nitrogens with zero attached hydrogens (tertiary/aromatic N) is 1. The van der Waals surface area contributed by atoms with Crippen molar-refractivity contribution in [2.45, 2.75) is 121 Å². The van der Waals surface area contributed by atoms with E-state index in [0.29, 0.717) is 44.6 Å². The molecule has 9 heteroatoms. The molecule has 0 aliphatic heterocycles. The minimum absolute atomic E-state index is 0.0381.